The second-order valence-corrected chi connectivity index (χ2v) is 8.30. The monoisotopic (exact) mass is 256 g/mol. The van der Waals surface area contributed by atoms with Crippen LogP contribution in [-0.4, -0.2) is 20.5 Å². The number of rotatable bonds is 0. The first-order chi connectivity index (χ1) is 6.02. The second kappa shape index (κ2) is 2.95. The van der Waals surface area contributed by atoms with Crippen LogP contribution in [0.1, 0.15) is 0 Å². The van der Waals surface area contributed by atoms with Gasteiger partial charge in [0.15, 0.2) is 0 Å². The number of fused-ring (bicyclic) bond motifs is 1. The Balaban J connectivity index is 2.66. The van der Waals surface area contributed by atoms with Gasteiger partial charge in [-0.3, -0.25) is 0 Å². The maximum Gasteiger partial charge on any atom is 0.480 e. The van der Waals surface area contributed by atoms with Crippen molar-refractivity contribution in [2.24, 2.45) is 0 Å². The van der Waals surface area contributed by atoms with E-state index in [9.17, 15) is 5.02 Å². The molecule has 0 saturated carbocycles. The summed E-state index contributed by atoms with van der Waals surface area (Å²) in [7, 11) is -2.59. The van der Waals surface area contributed by atoms with E-state index in [0.717, 1.165) is 9.94 Å². The van der Waals surface area contributed by atoms with Gasteiger partial charge in [-0.25, -0.2) is 0 Å². The van der Waals surface area contributed by atoms with Crippen LogP contribution in [0.25, 0.3) is 0 Å². The smallest absolute Gasteiger partial charge is 0.446 e. The molecule has 0 bridgehead atoms. The zero-order valence-electron chi connectivity index (χ0n) is 7.54. The van der Waals surface area contributed by atoms with Gasteiger partial charge >= 0.3 is 7.12 Å². The van der Waals surface area contributed by atoms with E-state index < -0.39 is 15.4 Å². The van der Waals surface area contributed by atoms with Gasteiger partial charge < -0.3 is 9.37 Å². The molecular weight excluding hydrogens is 247 g/mol. The molecule has 1 heterocycles. The van der Waals surface area contributed by atoms with E-state index in [1.54, 1.807) is 0 Å². The molecule has 0 fully saturated rings. The van der Waals surface area contributed by atoms with E-state index in [1.807, 2.05) is 18.2 Å². The molecule has 13 heavy (non-hydrogen) atoms. The van der Waals surface area contributed by atoms with Gasteiger partial charge in [0.05, 0.1) is 0 Å². The molecule has 0 atom stereocenters. The molecule has 0 aromatic heterocycles. The summed E-state index contributed by atoms with van der Waals surface area (Å²) in [6, 6.07) is 5.84. The minimum absolute atomic E-state index is 0.728. The molecule has 0 unspecified atom stereocenters. The summed E-state index contributed by atoms with van der Waals surface area (Å²) in [5, 5.41) is 10.8. The van der Waals surface area contributed by atoms with Crippen LogP contribution < -0.4 is 10.6 Å². The summed E-state index contributed by atoms with van der Waals surface area (Å²) < 4.78 is 6.62. The minimum atomic E-state index is -1.87. The van der Waals surface area contributed by atoms with E-state index >= 15 is 0 Å². The van der Waals surface area contributed by atoms with Crippen LogP contribution in [0.2, 0.25) is 13.1 Å². The first kappa shape index (κ1) is 9.46. The Kier molecular flexibility index (Phi) is 2.15. The normalized spacial score (nSPS) is 18.9. The lowest BCUT2D eigenvalue weighted by Gasteiger charge is -2.17. The van der Waals surface area contributed by atoms with Crippen molar-refractivity contribution in [1.29, 1.82) is 0 Å². The number of benzene rings is 1. The average Bonchev–Trinajstić information content (AvgIpc) is 2.24. The van der Waals surface area contributed by atoms with E-state index in [-0.39, 0.29) is 0 Å². The SMILES string of the molecule is C[Si]1(C)OB(O)c2cccc(Br)c21. The highest BCUT2D eigenvalue weighted by Gasteiger charge is 2.43. The zero-order chi connectivity index (χ0) is 9.64. The molecule has 1 aliphatic rings. The lowest BCUT2D eigenvalue weighted by molar-refractivity contribution is 0.441. The first-order valence-corrected chi connectivity index (χ1v) is 7.87. The molecule has 68 valence electrons. The topological polar surface area (TPSA) is 29.5 Å². The van der Waals surface area contributed by atoms with Crippen molar-refractivity contribution in [3.63, 3.8) is 0 Å². The number of hydrogen-bond donors (Lipinski definition) is 1. The van der Waals surface area contributed by atoms with Gasteiger partial charge in [0, 0.05) is 4.47 Å². The summed E-state index contributed by atoms with van der Waals surface area (Å²) in [5.74, 6) is 0. The third-order valence-corrected chi connectivity index (χ3v) is 5.92. The van der Waals surface area contributed by atoms with Crippen molar-refractivity contribution < 1.29 is 9.37 Å². The molecule has 0 aliphatic carbocycles. The van der Waals surface area contributed by atoms with Crippen LogP contribution in [0.15, 0.2) is 22.7 Å². The van der Waals surface area contributed by atoms with Crippen molar-refractivity contribution in [3.8, 4) is 0 Å². The van der Waals surface area contributed by atoms with E-state index in [0.29, 0.717) is 0 Å². The molecule has 5 heteroatoms. The Morgan fingerprint density at radius 1 is 1.46 bits per heavy atom. The van der Waals surface area contributed by atoms with Gasteiger partial charge in [-0.2, -0.15) is 0 Å². The fourth-order valence-corrected chi connectivity index (χ4v) is 5.96. The predicted octanol–water partition coefficient (Wildman–Crippen LogP) is 0.579. The van der Waals surface area contributed by atoms with Crippen LogP contribution in [0.5, 0.6) is 0 Å². The molecule has 0 radical (unpaired) electrons. The molecule has 0 spiro atoms. The Bertz CT molecular complexity index is 356. The molecule has 0 amide bonds. The summed E-state index contributed by atoms with van der Waals surface area (Å²) in [4.78, 5) is 0. The fraction of sp³-hybridized carbons (Fsp3) is 0.250. The highest BCUT2D eigenvalue weighted by Crippen LogP contribution is 2.18. The summed E-state index contributed by atoms with van der Waals surface area (Å²) in [6.07, 6.45) is 0. The zero-order valence-corrected chi connectivity index (χ0v) is 10.1. The van der Waals surface area contributed by atoms with E-state index in [1.165, 1.54) is 5.19 Å². The molecule has 1 aliphatic heterocycles. The Hall–Kier alpha value is -0.0982. The molecule has 2 rings (SSSR count). The van der Waals surface area contributed by atoms with Gasteiger partial charge in [0.1, 0.15) is 0 Å². The van der Waals surface area contributed by atoms with Crippen molar-refractivity contribution in [2.75, 3.05) is 0 Å². The maximum absolute atomic E-state index is 9.63. The highest BCUT2D eigenvalue weighted by atomic mass is 79.9. The van der Waals surface area contributed by atoms with E-state index in [2.05, 4.69) is 29.0 Å². The Morgan fingerprint density at radius 3 is 2.77 bits per heavy atom. The van der Waals surface area contributed by atoms with E-state index in [4.69, 9.17) is 4.34 Å². The third-order valence-electron chi connectivity index (χ3n) is 2.32. The molecule has 1 aromatic rings. The predicted molar refractivity (Wildman–Crippen MR) is 59.9 cm³/mol. The largest absolute Gasteiger partial charge is 0.480 e. The minimum Gasteiger partial charge on any atom is -0.446 e. The van der Waals surface area contributed by atoms with Crippen LogP contribution in [-0.2, 0) is 4.34 Å². The van der Waals surface area contributed by atoms with Gasteiger partial charge in [-0.1, -0.05) is 28.1 Å². The molecular formula is C8H10BBrO2Si. The van der Waals surface area contributed by atoms with Crippen molar-refractivity contribution in [3.05, 3.63) is 22.7 Å². The fourth-order valence-electron chi connectivity index (χ4n) is 1.78. The molecule has 0 saturated heterocycles. The van der Waals surface area contributed by atoms with Crippen LogP contribution in [0, 0.1) is 0 Å². The summed E-state index contributed by atoms with van der Waals surface area (Å²) >= 11 is 3.49. The van der Waals surface area contributed by atoms with Crippen LogP contribution in [0.3, 0.4) is 0 Å². The maximum atomic E-state index is 9.63. The second-order valence-electron chi connectivity index (χ2n) is 3.68. The van der Waals surface area contributed by atoms with Crippen molar-refractivity contribution >= 4 is 42.0 Å². The van der Waals surface area contributed by atoms with Gasteiger partial charge in [0.2, 0.25) is 8.32 Å². The van der Waals surface area contributed by atoms with Gasteiger partial charge in [-0.05, 0) is 29.8 Å². The lowest BCUT2D eigenvalue weighted by Crippen LogP contribution is -2.44. The number of halogens is 1. The summed E-state index contributed by atoms with van der Waals surface area (Å²) in [5.41, 5.74) is 0.922. The Morgan fingerprint density at radius 2 is 2.15 bits per heavy atom. The Labute approximate surface area is 87.3 Å². The van der Waals surface area contributed by atoms with Crippen molar-refractivity contribution in [2.45, 2.75) is 13.1 Å². The molecule has 1 aromatic carbocycles. The third kappa shape index (κ3) is 1.40. The van der Waals surface area contributed by atoms with Crippen LogP contribution >= 0.6 is 15.9 Å². The summed E-state index contributed by atoms with van der Waals surface area (Å²) in [6.45, 7) is 4.18. The first-order valence-electron chi connectivity index (χ1n) is 4.17. The quantitative estimate of drug-likeness (QED) is 0.689. The highest BCUT2D eigenvalue weighted by molar-refractivity contribution is 9.10. The van der Waals surface area contributed by atoms with Crippen LogP contribution in [0.4, 0.5) is 0 Å². The van der Waals surface area contributed by atoms with Gasteiger partial charge in [0.25, 0.3) is 0 Å². The number of hydrogen-bond acceptors (Lipinski definition) is 2. The standard InChI is InChI=1S/C8H10BBrO2Si/c1-13(2)8-6(9(11)12-13)4-3-5-7(8)10/h3-5,11H,1-2H3. The van der Waals surface area contributed by atoms with Crippen molar-refractivity contribution in [1.82, 2.24) is 0 Å². The van der Waals surface area contributed by atoms with Gasteiger partial charge in [-0.15, -0.1) is 0 Å². The molecule has 2 nitrogen and oxygen atoms in total. The molecule has 1 N–H and O–H groups in total. The average molecular weight is 257 g/mol. The lowest BCUT2D eigenvalue weighted by atomic mass is 9.80.